The second-order valence-corrected chi connectivity index (χ2v) is 12.5. The standard InChI is InChI=1S/C43H38N6O4/c1-4-16-37-44-38(41(50)52-2)39(42(51)53-3)48(37)29-30-25-27-31(28-26-30)35-23-14-15-24-36(35)40-45-46-47-49(40)43(32-17-8-5-9-18-32,33-19-10-6-11-20-33)34-21-12-7-13-22-34/h5-15,17-28H,4,16,29H2,1-3H3. The van der Waals surface area contributed by atoms with Crippen molar-refractivity contribution in [1.29, 1.82) is 0 Å². The van der Waals surface area contributed by atoms with Crippen molar-refractivity contribution < 1.29 is 19.1 Å². The zero-order valence-electron chi connectivity index (χ0n) is 29.7. The van der Waals surface area contributed by atoms with Crippen LogP contribution >= 0.6 is 0 Å². The second-order valence-electron chi connectivity index (χ2n) is 12.5. The summed E-state index contributed by atoms with van der Waals surface area (Å²) in [6.07, 6.45) is 1.34. The number of aryl methyl sites for hydroxylation is 1. The third kappa shape index (κ3) is 6.40. The van der Waals surface area contributed by atoms with Gasteiger partial charge in [0.25, 0.3) is 0 Å². The molecule has 7 rings (SSSR count). The van der Waals surface area contributed by atoms with Gasteiger partial charge in [0.05, 0.1) is 14.2 Å². The average Bonchev–Trinajstić information content (AvgIpc) is 3.85. The van der Waals surface area contributed by atoms with E-state index in [4.69, 9.17) is 14.7 Å². The van der Waals surface area contributed by atoms with Crippen LogP contribution in [0.25, 0.3) is 22.5 Å². The van der Waals surface area contributed by atoms with Crippen LogP contribution in [0.3, 0.4) is 0 Å². The Morgan fingerprint density at radius 3 is 1.72 bits per heavy atom. The van der Waals surface area contributed by atoms with E-state index in [1.165, 1.54) is 14.2 Å². The molecule has 53 heavy (non-hydrogen) atoms. The molecule has 0 saturated carbocycles. The predicted molar refractivity (Wildman–Crippen MR) is 201 cm³/mol. The molecule has 0 saturated heterocycles. The summed E-state index contributed by atoms with van der Waals surface area (Å²) in [5, 5.41) is 13.7. The molecule has 2 aromatic heterocycles. The highest BCUT2D eigenvalue weighted by atomic mass is 16.5. The van der Waals surface area contributed by atoms with Crippen molar-refractivity contribution in [1.82, 2.24) is 29.8 Å². The normalized spacial score (nSPS) is 11.3. The molecule has 0 aliphatic heterocycles. The van der Waals surface area contributed by atoms with Crippen LogP contribution in [0, 0.1) is 0 Å². The lowest BCUT2D eigenvalue weighted by Crippen LogP contribution is -2.39. The van der Waals surface area contributed by atoms with Crippen LogP contribution in [-0.2, 0) is 28.0 Å². The SMILES string of the molecule is CCCc1nc(C(=O)OC)c(C(=O)OC)n1Cc1ccc(-c2ccccc2-c2nnnn2C(c2ccccc2)(c2ccccc2)c2ccccc2)cc1. The zero-order chi connectivity index (χ0) is 36.8. The van der Waals surface area contributed by atoms with Gasteiger partial charge in [-0.15, -0.1) is 5.10 Å². The first-order valence-corrected chi connectivity index (χ1v) is 17.4. The Hall–Kier alpha value is -6.68. The monoisotopic (exact) mass is 702 g/mol. The van der Waals surface area contributed by atoms with Gasteiger partial charge in [0, 0.05) is 18.5 Å². The van der Waals surface area contributed by atoms with Crippen LogP contribution in [0.4, 0.5) is 0 Å². The van der Waals surface area contributed by atoms with Crippen molar-refractivity contribution in [2.24, 2.45) is 0 Å². The van der Waals surface area contributed by atoms with E-state index in [9.17, 15) is 9.59 Å². The molecule has 10 heteroatoms. The van der Waals surface area contributed by atoms with Crippen molar-refractivity contribution in [2.45, 2.75) is 31.8 Å². The molecule has 0 atom stereocenters. The minimum absolute atomic E-state index is 0.0522. The lowest BCUT2D eigenvalue weighted by atomic mass is 9.77. The highest BCUT2D eigenvalue weighted by Crippen LogP contribution is 2.43. The lowest BCUT2D eigenvalue weighted by molar-refractivity contribution is 0.0544. The van der Waals surface area contributed by atoms with Gasteiger partial charge in [0.1, 0.15) is 11.4 Å². The Kier molecular flexibility index (Phi) is 10.0. The van der Waals surface area contributed by atoms with E-state index in [-0.39, 0.29) is 11.4 Å². The van der Waals surface area contributed by atoms with Gasteiger partial charge in [0.2, 0.25) is 0 Å². The van der Waals surface area contributed by atoms with Gasteiger partial charge in [-0.05, 0) is 50.2 Å². The van der Waals surface area contributed by atoms with E-state index in [1.54, 1.807) is 4.57 Å². The van der Waals surface area contributed by atoms with E-state index in [0.717, 1.165) is 45.4 Å². The second kappa shape index (κ2) is 15.3. The van der Waals surface area contributed by atoms with E-state index in [0.29, 0.717) is 24.6 Å². The third-order valence-corrected chi connectivity index (χ3v) is 9.41. The first-order valence-electron chi connectivity index (χ1n) is 17.4. The largest absolute Gasteiger partial charge is 0.464 e. The van der Waals surface area contributed by atoms with Crippen molar-refractivity contribution in [3.63, 3.8) is 0 Å². The van der Waals surface area contributed by atoms with Gasteiger partial charge < -0.3 is 14.0 Å². The number of carbonyl (C=O) groups is 2. The highest BCUT2D eigenvalue weighted by molar-refractivity contribution is 6.00. The summed E-state index contributed by atoms with van der Waals surface area (Å²) in [7, 11) is 2.55. The fraction of sp³-hybridized carbons (Fsp3) is 0.163. The summed E-state index contributed by atoms with van der Waals surface area (Å²) in [5.74, 6) is -0.136. The molecule has 7 aromatic rings. The molecule has 0 fully saturated rings. The van der Waals surface area contributed by atoms with Crippen molar-refractivity contribution in [3.05, 3.63) is 179 Å². The number of rotatable bonds is 12. The molecule has 2 heterocycles. The zero-order valence-corrected chi connectivity index (χ0v) is 29.7. The lowest BCUT2D eigenvalue weighted by Gasteiger charge is -2.36. The van der Waals surface area contributed by atoms with Gasteiger partial charge in [-0.2, -0.15) is 0 Å². The molecule has 264 valence electrons. The fourth-order valence-corrected chi connectivity index (χ4v) is 7.01. The summed E-state index contributed by atoms with van der Waals surface area (Å²) in [5.41, 5.74) is 5.80. The van der Waals surface area contributed by atoms with E-state index < -0.39 is 17.5 Å². The number of nitrogens with zero attached hydrogens (tertiary/aromatic N) is 6. The molecule has 0 N–H and O–H groups in total. The Balaban J connectivity index is 1.34. The third-order valence-electron chi connectivity index (χ3n) is 9.41. The summed E-state index contributed by atoms with van der Waals surface area (Å²) in [4.78, 5) is 30.0. The summed E-state index contributed by atoms with van der Waals surface area (Å²) in [6, 6.07) is 47.1. The quantitative estimate of drug-likeness (QED) is 0.0944. The number of hydrogen-bond acceptors (Lipinski definition) is 8. The van der Waals surface area contributed by atoms with Crippen molar-refractivity contribution in [3.8, 4) is 22.5 Å². The minimum Gasteiger partial charge on any atom is -0.464 e. The van der Waals surface area contributed by atoms with Crippen LogP contribution < -0.4 is 0 Å². The number of tetrazole rings is 1. The van der Waals surface area contributed by atoms with Crippen molar-refractivity contribution in [2.75, 3.05) is 14.2 Å². The molecule has 0 spiro atoms. The topological polar surface area (TPSA) is 114 Å². The van der Waals surface area contributed by atoms with Crippen LogP contribution in [0.1, 0.15) is 62.4 Å². The first-order chi connectivity index (χ1) is 26.0. The maximum absolute atomic E-state index is 12.9. The molecular weight excluding hydrogens is 665 g/mol. The molecule has 0 radical (unpaired) electrons. The van der Waals surface area contributed by atoms with E-state index in [2.05, 4.69) is 57.8 Å². The predicted octanol–water partition coefficient (Wildman–Crippen LogP) is 7.62. The maximum atomic E-state index is 12.9. The number of aromatic nitrogens is 6. The van der Waals surface area contributed by atoms with Gasteiger partial charge in [0.15, 0.2) is 17.2 Å². The molecule has 5 aromatic carbocycles. The number of benzene rings is 5. The molecule has 0 aliphatic carbocycles. The Bertz CT molecular complexity index is 2240. The number of hydrogen-bond donors (Lipinski definition) is 0. The first kappa shape index (κ1) is 34.8. The molecule has 0 amide bonds. The van der Waals surface area contributed by atoms with Crippen LogP contribution in [0.2, 0.25) is 0 Å². The summed E-state index contributed by atoms with van der Waals surface area (Å²) >= 11 is 0. The number of carbonyl (C=O) groups excluding carboxylic acids is 2. The number of methoxy groups -OCH3 is 2. The van der Waals surface area contributed by atoms with Gasteiger partial charge >= 0.3 is 11.9 Å². The molecule has 0 bridgehead atoms. The van der Waals surface area contributed by atoms with Crippen molar-refractivity contribution >= 4 is 11.9 Å². The molecule has 0 unspecified atom stereocenters. The Labute approximate surface area is 307 Å². The Morgan fingerprint density at radius 1 is 0.660 bits per heavy atom. The molecular formula is C43H38N6O4. The smallest absolute Gasteiger partial charge is 0.359 e. The molecule has 10 nitrogen and oxygen atoms in total. The van der Waals surface area contributed by atoms with Crippen LogP contribution in [0.15, 0.2) is 140 Å². The van der Waals surface area contributed by atoms with Crippen LogP contribution in [0.5, 0.6) is 0 Å². The van der Waals surface area contributed by atoms with E-state index >= 15 is 0 Å². The average molecular weight is 703 g/mol. The summed E-state index contributed by atoms with van der Waals surface area (Å²) < 4.78 is 13.7. The Morgan fingerprint density at radius 2 is 1.19 bits per heavy atom. The minimum atomic E-state index is -0.902. The van der Waals surface area contributed by atoms with Crippen LogP contribution in [-0.4, -0.2) is 55.9 Å². The van der Waals surface area contributed by atoms with Gasteiger partial charge in [-0.25, -0.2) is 19.3 Å². The van der Waals surface area contributed by atoms with Gasteiger partial charge in [-0.1, -0.05) is 146 Å². The fourth-order valence-electron chi connectivity index (χ4n) is 7.01. The summed E-state index contributed by atoms with van der Waals surface area (Å²) in [6.45, 7) is 2.32. The number of esters is 2. The molecule has 0 aliphatic rings. The number of imidazole rings is 1. The highest BCUT2D eigenvalue weighted by Gasteiger charge is 2.42. The van der Waals surface area contributed by atoms with Gasteiger partial charge in [-0.3, -0.25) is 0 Å². The number of ether oxygens (including phenoxy) is 2. The van der Waals surface area contributed by atoms with E-state index in [1.807, 2.05) is 109 Å². The maximum Gasteiger partial charge on any atom is 0.359 e.